The average Bonchev–Trinajstić information content (AvgIpc) is 2.72. The molecule has 0 unspecified atom stereocenters. The maximum Gasteiger partial charge on any atom is 0.340 e. The number of carbonyl (C=O) groups excluding carboxylic acids is 1. The van der Waals surface area contributed by atoms with Gasteiger partial charge in [-0.3, -0.25) is 0 Å². The van der Waals surface area contributed by atoms with E-state index in [2.05, 4.69) is 4.98 Å². The SMILES string of the molecule is COC(=O)c1c(/C=C/c2ccccc2)[nH]c(C)c1C. The highest BCUT2D eigenvalue weighted by Gasteiger charge is 2.17. The first kappa shape index (κ1) is 13.1. The van der Waals surface area contributed by atoms with Crippen molar-refractivity contribution in [2.45, 2.75) is 13.8 Å². The first-order valence-electron chi connectivity index (χ1n) is 6.14. The number of methoxy groups -OCH3 is 1. The number of carbonyl (C=O) groups is 1. The number of aromatic amines is 1. The number of benzene rings is 1. The minimum Gasteiger partial charge on any atom is -0.465 e. The van der Waals surface area contributed by atoms with Gasteiger partial charge in [0.05, 0.1) is 18.4 Å². The van der Waals surface area contributed by atoms with Gasteiger partial charge in [-0.25, -0.2) is 4.79 Å². The quantitative estimate of drug-likeness (QED) is 0.852. The van der Waals surface area contributed by atoms with E-state index in [9.17, 15) is 4.79 Å². The summed E-state index contributed by atoms with van der Waals surface area (Å²) in [5.74, 6) is -0.311. The Balaban J connectivity index is 2.38. The monoisotopic (exact) mass is 255 g/mol. The van der Waals surface area contributed by atoms with Gasteiger partial charge in [0.1, 0.15) is 0 Å². The second kappa shape index (κ2) is 5.57. The summed E-state index contributed by atoms with van der Waals surface area (Å²) in [6, 6.07) is 9.95. The van der Waals surface area contributed by atoms with Crippen LogP contribution in [-0.4, -0.2) is 18.1 Å². The third-order valence-corrected chi connectivity index (χ3v) is 3.16. The lowest BCUT2D eigenvalue weighted by molar-refractivity contribution is 0.0600. The van der Waals surface area contributed by atoms with Crippen LogP contribution < -0.4 is 0 Å². The molecule has 0 bridgehead atoms. The number of ether oxygens (including phenoxy) is 1. The predicted octanol–water partition coefficient (Wildman–Crippen LogP) is 3.59. The zero-order valence-corrected chi connectivity index (χ0v) is 11.4. The Morgan fingerprint density at radius 1 is 1.16 bits per heavy atom. The number of aryl methyl sites for hydroxylation is 1. The molecule has 1 aromatic carbocycles. The second-order valence-electron chi connectivity index (χ2n) is 4.40. The number of rotatable bonds is 3. The van der Waals surface area contributed by atoms with E-state index in [0.29, 0.717) is 5.56 Å². The molecular weight excluding hydrogens is 238 g/mol. The number of H-pyrrole nitrogens is 1. The maximum absolute atomic E-state index is 11.8. The summed E-state index contributed by atoms with van der Waals surface area (Å²) in [7, 11) is 1.40. The molecular formula is C16H17NO2. The first-order chi connectivity index (χ1) is 9.13. The molecule has 2 rings (SSSR count). The van der Waals surface area contributed by atoms with E-state index < -0.39 is 0 Å². The number of hydrogen-bond acceptors (Lipinski definition) is 2. The van der Waals surface area contributed by atoms with E-state index in [-0.39, 0.29) is 5.97 Å². The molecule has 98 valence electrons. The Morgan fingerprint density at radius 2 is 1.84 bits per heavy atom. The van der Waals surface area contributed by atoms with E-state index >= 15 is 0 Å². The Bertz CT molecular complexity index is 609. The van der Waals surface area contributed by atoms with Gasteiger partial charge in [0, 0.05) is 5.69 Å². The maximum atomic E-state index is 11.8. The minimum atomic E-state index is -0.311. The van der Waals surface area contributed by atoms with Crippen molar-refractivity contribution in [3.8, 4) is 0 Å². The smallest absolute Gasteiger partial charge is 0.340 e. The van der Waals surface area contributed by atoms with Gasteiger partial charge in [0.2, 0.25) is 0 Å². The Kier molecular flexibility index (Phi) is 3.85. The number of aromatic nitrogens is 1. The largest absolute Gasteiger partial charge is 0.465 e. The van der Waals surface area contributed by atoms with Gasteiger partial charge in [-0.05, 0) is 31.1 Å². The Labute approximate surface area is 112 Å². The lowest BCUT2D eigenvalue weighted by Crippen LogP contribution is -2.03. The van der Waals surface area contributed by atoms with Crippen molar-refractivity contribution in [3.05, 3.63) is 58.4 Å². The molecule has 3 heteroatoms. The summed E-state index contributed by atoms with van der Waals surface area (Å²) in [6.07, 6.45) is 3.87. The fraction of sp³-hybridized carbons (Fsp3) is 0.188. The van der Waals surface area contributed by atoms with Crippen LogP contribution in [0.4, 0.5) is 0 Å². The zero-order valence-electron chi connectivity index (χ0n) is 11.4. The van der Waals surface area contributed by atoms with Crippen LogP contribution in [-0.2, 0) is 4.74 Å². The van der Waals surface area contributed by atoms with Crippen molar-refractivity contribution < 1.29 is 9.53 Å². The molecule has 0 radical (unpaired) electrons. The summed E-state index contributed by atoms with van der Waals surface area (Å²) in [5, 5.41) is 0. The molecule has 0 fully saturated rings. The van der Waals surface area contributed by atoms with E-state index in [0.717, 1.165) is 22.5 Å². The van der Waals surface area contributed by atoms with Crippen LogP contribution in [0.5, 0.6) is 0 Å². The lowest BCUT2D eigenvalue weighted by atomic mass is 10.1. The second-order valence-corrected chi connectivity index (χ2v) is 4.40. The van der Waals surface area contributed by atoms with Crippen LogP contribution in [0.3, 0.4) is 0 Å². The highest BCUT2D eigenvalue weighted by atomic mass is 16.5. The molecule has 0 aliphatic heterocycles. The summed E-state index contributed by atoms with van der Waals surface area (Å²) in [5.41, 5.74) is 4.38. The lowest BCUT2D eigenvalue weighted by Gasteiger charge is -2.00. The van der Waals surface area contributed by atoms with Gasteiger partial charge in [-0.2, -0.15) is 0 Å². The third-order valence-electron chi connectivity index (χ3n) is 3.16. The van der Waals surface area contributed by atoms with Gasteiger partial charge < -0.3 is 9.72 Å². The topological polar surface area (TPSA) is 42.1 Å². The fourth-order valence-corrected chi connectivity index (χ4v) is 1.98. The van der Waals surface area contributed by atoms with Crippen LogP contribution in [0, 0.1) is 13.8 Å². The molecule has 0 amide bonds. The van der Waals surface area contributed by atoms with Crippen LogP contribution in [0.15, 0.2) is 30.3 Å². The molecule has 19 heavy (non-hydrogen) atoms. The van der Waals surface area contributed by atoms with Gasteiger partial charge in [0.25, 0.3) is 0 Å². The summed E-state index contributed by atoms with van der Waals surface area (Å²) in [6.45, 7) is 3.86. The van der Waals surface area contributed by atoms with Crippen molar-refractivity contribution in [2.75, 3.05) is 7.11 Å². The summed E-state index contributed by atoms with van der Waals surface area (Å²) >= 11 is 0. The van der Waals surface area contributed by atoms with E-state index in [1.54, 1.807) is 0 Å². The van der Waals surface area contributed by atoms with Gasteiger partial charge >= 0.3 is 5.97 Å². The standard InChI is InChI=1S/C16H17NO2/c1-11-12(2)17-14(15(11)16(18)19-3)10-9-13-7-5-4-6-8-13/h4-10,17H,1-3H3/b10-9+. The van der Waals surface area contributed by atoms with Gasteiger partial charge in [0.15, 0.2) is 0 Å². The zero-order chi connectivity index (χ0) is 13.8. The molecule has 0 saturated carbocycles. The minimum absolute atomic E-state index is 0.311. The van der Waals surface area contributed by atoms with Gasteiger partial charge in [-0.15, -0.1) is 0 Å². The molecule has 0 atom stereocenters. The average molecular weight is 255 g/mol. The van der Waals surface area contributed by atoms with Crippen molar-refractivity contribution in [3.63, 3.8) is 0 Å². The molecule has 0 spiro atoms. The van der Waals surface area contributed by atoms with E-state index in [4.69, 9.17) is 4.74 Å². The van der Waals surface area contributed by atoms with Crippen molar-refractivity contribution >= 4 is 18.1 Å². The molecule has 0 aliphatic rings. The molecule has 2 aromatic rings. The Hall–Kier alpha value is -2.29. The number of nitrogens with one attached hydrogen (secondary N) is 1. The van der Waals surface area contributed by atoms with Crippen LogP contribution in [0.25, 0.3) is 12.2 Å². The van der Waals surface area contributed by atoms with Crippen LogP contribution >= 0.6 is 0 Å². The molecule has 3 nitrogen and oxygen atoms in total. The molecule has 1 aromatic heterocycles. The third kappa shape index (κ3) is 2.76. The molecule has 0 aliphatic carbocycles. The molecule has 1 heterocycles. The summed E-state index contributed by atoms with van der Waals surface area (Å²) in [4.78, 5) is 15.0. The Morgan fingerprint density at radius 3 is 2.47 bits per heavy atom. The highest BCUT2D eigenvalue weighted by Crippen LogP contribution is 2.20. The number of hydrogen-bond donors (Lipinski definition) is 1. The van der Waals surface area contributed by atoms with Gasteiger partial charge in [-0.1, -0.05) is 36.4 Å². The highest BCUT2D eigenvalue weighted by molar-refractivity contribution is 5.96. The summed E-state index contributed by atoms with van der Waals surface area (Å²) < 4.78 is 4.83. The molecule has 0 saturated heterocycles. The fourth-order valence-electron chi connectivity index (χ4n) is 1.98. The normalized spacial score (nSPS) is 10.9. The van der Waals surface area contributed by atoms with Crippen molar-refractivity contribution in [1.29, 1.82) is 0 Å². The van der Waals surface area contributed by atoms with Crippen LogP contribution in [0.1, 0.15) is 32.9 Å². The first-order valence-corrected chi connectivity index (χ1v) is 6.14. The number of esters is 1. The van der Waals surface area contributed by atoms with Crippen molar-refractivity contribution in [2.24, 2.45) is 0 Å². The van der Waals surface area contributed by atoms with Crippen molar-refractivity contribution in [1.82, 2.24) is 4.98 Å². The van der Waals surface area contributed by atoms with E-state index in [1.165, 1.54) is 7.11 Å². The molecule has 1 N–H and O–H groups in total. The predicted molar refractivity (Wildman–Crippen MR) is 77.0 cm³/mol. The van der Waals surface area contributed by atoms with E-state index in [1.807, 2.05) is 56.3 Å². The van der Waals surface area contributed by atoms with Crippen LogP contribution in [0.2, 0.25) is 0 Å².